The molecule has 0 radical (unpaired) electrons. The Morgan fingerprint density at radius 3 is 2.55 bits per heavy atom. The van der Waals surface area contributed by atoms with Crippen LogP contribution in [-0.4, -0.2) is 55.2 Å². The van der Waals surface area contributed by atoms with Gasteiger partial charge in [-0.05, 0) is 19.8 Å². The summed E-state index contributed by atoms with van der Waals surface area (Å²) in [4.78, 5) is 13.6. The Labute approximate surface area is 122 Å². The minimum absolute atomic E-state index is 0.160. The van der Waals surface area contributed by atoms with Gasteiger partial charge in [-0.25, -0.2) is 0 Å². The molecule has 5 heteroatoms. The van der Waals surface area contributed by atoms with E-state index in [-0.39, 0.29) is 17.5 Å². The van der Waals surface area contributed by atoms with E-state index in [0.29, 0.717) is 6.42 Å². The standard InChI is InChI=1S/C15H29N3O2/c1-13(11-14(16)19)17-12-15(5-3-2-4-6-15)18-7-9-20-10-8-18/h13,17H,2-12H2,1H3,(H2,16,19). The molecule has 1 amide bonds. The van der Waals surface area contributed by atoms with Gasteiger partial charge in [0, 0.05) is 37.6 Å². The van der Waals surface area contributed by atoms with Crippen LogP contribution in [0.15, 0.2) is 0 Å². The van der Waals surface area contributed by atoms with Crippen molar-refractivity contribution in [1.82, 2.24) is 10.2 Å². The van der Waals surface area contributed by atoms with Crippen molar-refractivity contribution in [2.75, 3.05) is 32.8 Å². The van der Waals surface area contributed by atoms with Crippen LogP contribution in [0.3, 0.4) is 0 Å². The lowest BCUT2D eigenvalue weighted by Crippen LogP contribution is -2.60. The average Bonchev–Trinajstić information content (AvgIpc) is 2.46. The van der Waals surface area contributed by atoms with Gasteiger partial charge in [0.1, 0.15) is 0 Å². The first kappa shape index (κ1) is 15.7. The lowest BCUT2D eigenvalue weighted by atomic mass is 9.79. The number of ether oxygens (including phenoxy) is 1. The van der Waals surface area contributed by atoms with Gasteiger partial charge in [0.25, 0.3) is 0 Å². The SMILES string of the molecule is CC(CC(N)=O)NCC1(N2CCOCC2)CCCCC1. The quantitative estimate of drug-likeness (QED) is 0.759. The van der Waals surface area contributed by atoms with Gasteiger partial charge >= 0.3 is 0 Å². The molecule has 0 bridgehead atoms. The lowest BCUT2D eigenvalue weighted by Gasteiger charge is -2.48. The molecule has 1 aliphatic carbocycles. The van der Waals surface area contributed by atoms with E-state index in [2.05, 4.69) is 10.2 Å². The fraction of sp³-hybridized carbons (Fsp3) is 0.933. The number of hydrogen-bond acceptors (Lipinski definition) is 4. The monoisotopic (exact) mass is 283 g/mol. The van der Waals surface area contributed by atoms with Gasteiger partial charge in [-0.15, -0.1) is 0 Å². The second-order valence-electron chi connectivity index (χ2n) is 6.34. The molecule has 0 spiro atoms. The van der Waals surface area contributed by atoms with Crippen LogP contribution >= 0.6 is 0 Å². The largest absolute Gasteiger partial charge is 0.379 e. The summed E-state index contributed by atoms with van der Waals surface area (Å²) >= 11 is 0. The van der Waals surface area contributed by atoms with Crippen LogP contribution < -0.4 is 11.1 Å². The molecule has 5 nitrogen and oxygen atoms in total. The van der Waals surface area contributed by atoms with Gasteiger partial charge in [-0.3, -0.25) is 9.69 Å². The van der Waals surface area contributed by atoms with E-state index in [0.717, 1.165) is 32.8 Å². The zero-order valence-corrected chi connectivity index (χ0v) is 12.7. The topological polar surface area (TPSA) is 67.6 Å². The van der Waals surface area contributed by atoms with E-state index < -0.39 is 0 Å². The smallest absolute Gasteiger partial charge is 0.218 e. The molecule has 0 aromatic heterocycles. The molecule has 1 aliphatic heterocycles. The first-order valence-corrected chi connectivity index (χ1v) is 7.97. The van der Waals surface area contributed by atoms with E-state index in [1.165, 1.54) is 32.1 Å². The van der Waals surface area contributed by atoms with Crippen molar-refractivity contribution >= 4 is 5.91 Å². The van der Waals surface area contributed by atoms with Crippen molar-refractivity contribution in [3.8, 4) is 0 Å². The number of nitrogens with two attached hydrogens (primary N) is 1. The number of rotatable bonds is 6. The van der Waals surface area contributed by atoms with Gasteiger partial charge in [0.2, 0.25) is 5.91 Å². The van der Waals surface area contributed by atoms with Gasteiger partial charge in [0.05, 0.1) is 13.2 Å². The third-order valence-electron chi connectivity index (χ3n) is 4.75. The molecule has 3 N–H and O–H groups in total. The molecule has 1 atom stereocenters. The first-order chi connectivity index (χ1) is 9.62. The Kier molecular flexibility index (Phi) is 5.81. The number of nitrogens with one attached hydrogen (secondary N) is 1. The molecule has 2 rings (SSSR count). The molecular weight excluding hydrogens is 254 g/mol. The number of primary amides is 1. The molecule has 1 saturated heterocycles. The van der Waals surface area contributed by atoms with Gasteiger partial charge < -0.3 is 15.8 Å². The highest BCUT2D eigenvalue weighted by Gasteiger charge is 2.38. The molecule has 0 aromatic carbocycles. The van der Waals surface area contributed by atoms with Crippen molar-refractivity contribution in [2.24, 2.45) is 5.73 Å². The summed E-state index contributed by atoms with van der Waals surface area (Å²) in [6.07, 6.45) is 6.89. The molecule has 1 unspecified atom stereocenters. The zero-order valence-electron chi connectivity index (χ0n) is 12.7. The van der Waals surface area contributed by atoms with E-state index in [1.807, 2.05) is 6.92 Å². The summed E-state index contributed by atoms with van der Waals surface area (Å²) in [7, 11) is 0. The second kappa shape index (κ2) is 7.38. The van der Waals surface area contributed by atoms with E-state index in [1.54, 1.807) is 0 Å². The number of morpholine rings is 1. The molecule has 20 heavy (non-hydrogen) atoms. The third kappa shape index (κ3) is 4.17. The fourth-order valence-electron chi connectivity index (χ4n) is 3.59. The van der Waals surface area contributed by atoms with E-state index in [4.69, 9.17) is 10.5 Å². The minimum Gasteiger partial charge on any atom is -0.379 e. The molecule has 0 aromatic rings. The minimum atomic E-state index is -0.228. The highest BCUT2D eigenvalue weighted by Crippen LogP contribution is 2.34. The van der Waals surface area contributed by atoms with Crippen LogP contribution in [0.4, 0.5) is 0 Å². The first-order valence-electron chi connectivity index (χ1n) is 7.97. The molecule has 2 aliphatic rings. The van der Waals surface area contributed by atoms with Crippen LogP contribution in [-0.2, 0) is 9.53 Å². The molecular formula is C15H29N3O2. The predicted octanol–water partition coefficient (Wildman–Crippen LogP) is 0.875. The van der Waals surface area contributed by atoms with Crippen LogP contribution in [0.2, 0.25) is 0 Å². The number of carbonyl (C=O) groups excluding carboxylic acids is 1. The van der Waals surface area contributed by atoms with Crippen LogP contribution in [0.5, 0.6) is 0 Å². The summed E-state index contributed by atoms with van der Waals surface area (Å²) in [5.41, 5.74) is 5.53. The number of carbonyl (C=O) groups is 1. The Morgan fingerprint density at radius 2 is 1.95 bits per heavy atom. The van der Waals surface area contributed by atoms with Crippen LogP contribution in [0.1, 0.15) is 45.4 Å². The van der Waals surface area contributed by atoms with Gasteiger partial charge in [-0.1, -0.05) is 19.3 Å². The van der Waals surface area contributed by atoms with Crippen molar-refractivity contribution in [2.45, 2.75) is 57.0 Å². The van der Waals surface area contributed by atoms with Gasteiger partial charge in [0.15, 0.2) is 0 Å². The Balaban J connectivity index is 1.93. The molecule has 1 heterocycles. The Morgan fingerprint density at radius 1 is 1.30 bits per heavy atom. The summed E-state index contributed by atoms with van der Waals surface area (Å²) < 4.78 is 5.49. The zero-order chi connectivity index (χ0) is 14.4. The molecule has 116 valence electrons. The fourth-order valence-corrected chi connectivity index (χ4v) is 3.59. The highest BCUT2D eigenvalue weighted by atomic mass is 16.5. The van der Waals surface area contributed by atoms with Crippen LogP contribution in [0.25, 0.3) is 0 Å². The maximum Gasteiger partial charge on any atom is 0.218 e. The highest BCUT2D eigenvalue weighted by molar-refractivity contribution is 5.74. The Hall–Kier alpha value is -0.650. The maximum atomic E-state index is 11.0. The molecule has 2 fully saturated rings. The number of nitrogens with zero attached hydrogens (tertiary/aromatic N) is 1. The van der Waals surface area contributed by atoms with E-state index >= 15 is 0 Å². The molecule has 1 saturated carbocycles. The summed E-state index contributed by atoms with van der Waals surface area (Å²) in [5, 5.41) is 3.54. The Bertz CT molecular complexity index is 310. The van der Waals surface area contributed by atoms with Crippen LogP contribution in [0, 0.1) is 0 Å². The normalized spacial score (nSPS) is 25.2. The second-order valence-corrected chi connectivity index (χ2v) is 6.34. The summed E-state index contributed by atoms with van der Waals surface area (Å²) in [5.74, 6) is -0.228. The summed E-state index contributed by atoms with van der Waals surface area (Å²) in [6, 6.07) is 0.160. The number of hydrogen-bond donors (Lipinski definition) is 2. The van der Waals surface area contributed by atoms with Crippen molar-refractivity contribution < 1.29 is 9.53 Å². The van der Waals surface area contributed by atoms with Crippen molar-refractivity contribution in [3.63, 3.8) is 0 Å². The lowest BCUT2D eigenvalue weighted by molar-refractivity contribution is -0.118. The average molecular weight is 283 g/mol. The number of amides is 1. The predicted molar refractivity (Wildman–Crippen MR) is 79.5 cm³/mol. The van der Waals surface area contributed by atoms with Crippen molar-refractivity contribution in [3.05, 3.63) is 0 Å². The maximum absolute atomic E-state index is 11.0. The van der Waals surface area contributed by atoms with Crippen molar-refractivity contribution in [1.29, 1.82) is 0 Å². The van der Waals surface area contributed by atoms with E-state index in [9.17, 15) is 4.79 Å². The summed E-state index contributed by atoms with van der Waals surface area (Å²) in [6.45, 7) is 6.76. The van der Waals surface area contributed by atoms with Gasteiger partial charge in [-0.2, -0.15) is 0 Å². The third-order valence-corrected chi connectivity index (χ3v) is 4.75.